The Hall–Kier alpha value is -3.43. The van der Waals surface area contributed by atoms with Crippen LogP contribution in [0.5, 0.6) is 5.75 Å². The number of carbonyl (C=O) groups excluding carboxylic acids is 2. The summed E-state index contributed by atoms with van der Waals surface area (Å²) in [5.74, 6) is -1.77. The van der Waals surface area contributed by atoms with E-state index in [2.05, 4.69) is 24.0 Å². The Morgan fingerprint density at radius 3 is 2.30 bits per heavy atom. The van der Waals surface area contributed by atoms with Crippen LogP contribution in [0.4, 0.5) is 4.39 Å². The van der Waals surface area contributed by atoms with Gasteiger partial charge in [0.1, 0.15) is 18.3 Å². The molecule has 1 amide bonds. The van der Waals surface area contributed by atoms with Crippen LogP contribution >= 0.6 is 23.2 Å². The predicted octanol–water partition coefficient (Wildman–Crippen LogP) is 7.40. The molecule has 0 bridgehead atoms. The number of amides is 1. The van der Waals surface area contributed by atoms with Crippen molar-refractivity contribution in [2.75, 3.05) is 33.5 Å². The minimum atomic E-state index is -1.18. The van der Waals surface area contributed by atoms with Crippen molar-refractivity contribution in [3.63, 3.8) is 0 Å². The van der Waals surface area contributed by atoms with E-state index in [1.807, 2.05) is 30.3 Å². The summed E-state index contributed by atoms with van der Waals surface area (Å²) in [5.41, 5.74) is 2.92. The molecule has 7 nitrogen and oxygen atoms in total. The lowest BCUT2D eigenvalue weighted by Crippen LogP contribution is -2.58. The minimum absolute atomic E-state index is 0.0512. The van der Waals surface area contributed by atoms with Crippen LogP contribution in [0.3, 0.4) is 0 Å². The zero-order valence-electron chi connectivity index (χ0n) is 26.4. The molecular formula is C36H39Cl2FN2O5. The van der Waals surface area contributed by atoms with Gasteiger partial charge in [0.15, 0.2) is 6.04 Å². The number of benzene rings is 3. The average molecular weight is 670 g/mol. The Labute approximate surface area is 279 Å². The van der Waals surface area contributed by atoms with Crippen LogP contribution in [0.25, 0.3) is 0 Å². The highest BCUT2D eigenvalue weighted by molar-refractivity contribution is 6.34. The first-order valence-electron chi connectivity index (χ1n) is 15.3. The fourth-order valence-corrected chi connectivity index (χ4v) is 6.81. The van der Waals surface area contributed by atoms with Crippen molar-refractivity contribution in [3.8, 4) is 5.75 Å². The van der Waals surface area contributed by atoms with Crippen molar-refractivity contribution >= 4 is 35.1 Å². The third-order valence-electron chi connectivity index (χ3n) is 8.81. The Balaban J connectivity index is 1.35. The number of carbonyl (C=O) groups is 2. The molecule has 0 unspecified atom stereocenters. The summed E-state index contributed by atoms with van der Waals surface area (Å²) in [5, 5.41) is 11.3. The van der Waals surface area contributed by atoms with E-state index >= 15 is 4.39 Å². The second kappa shape index (κ2) is 14.1. The molecular weight excluding hydrogens is 630 g/mol. The number of methoxy groups -OCH3 is 1. The third kappa shape index (κ3) is 7.26. The molecule has 10 heteroatoms. The van der Waals surface area contributed by atoms with Gasteiger partial charge in [0.2, 0.25) is 0 Å². The number of esters is 1. The lowest BCUT2D eigenvalue weighted by molar-refractivity contribution is -0.145. The highest BCUT2D eigenvalue weighted by Crippen LogP contribution is 2.47. The molecule has 46 heavy (non-hydrogen) atoms. The molecule has 2 aliphatic rings. The number of aliphatic hydroxyl groups is 1. The normalized spacial score (nSPS) is 17.5. The summed E-state index contributed by atoms with van der Waals surface area (Å²) in [6, 6.07) is 17.3. The van der Waals surface area contributed by atoms with Crippen molar-refractivity contribution in [3.05, 3.63) is 110 Å². The fraction of sp³-hybridized carbons (Fsp3) is 0.389. The fourth-order valence-electron chi connectivity index (χ4n) is 6.26. The predicted molar refractivity (Wildman–Crippen MR) is 177 cm³/mol. The second-order valence-corrected chi connectivity index (χ2v) is 13.4. The maximum Gasteiger partial charge on any atom is 0.333 e. The number of likely N-dealkylation sites (tertiary alicyclic amines) is 1. The summed E-state index contributed by atoms with van der Waals surface area (Å²) >= 11 is 12.8. The molecule has 1 heterocycles. The Bertz CT molecular complexity index is 1600. The molecule has 1 aliphatic carbocycles. The van der Waals surface area contributed by atoms with Crippen molar-refractivity contribution < 1.29 is 28.6 Å². The summed E-state index contributed by atoms with van der Waals surface area (Å²) in [6.07, 6.45) is 3.44. The molecule has 1 saturated carbocycles. The second-order valence-electron chi connectivity index (χ2n) is 12.5. The molecule has 1 N–H and O–H groups in total. The van der Waals surface area contributed by atoms with Gasteiger partial charge in [-0.05, 0) is 79.1 Å². The van der Waals surface area contributed by atoms with E-state index < -0.39 is 30.5 Å². The van der Waals surface area contributed by atoms with E-state index in [0.29, 0.717) is 28.0 Å². The van der Waals surface area contributed by atoms with Crippen molar-refractivity contribution in [2.24, 2.45) is 5.41 Å². The number of hydrogen-bond acceptors (Lipinski definition) is 6. The van der Waals surface area contributed by atoms with Gasteiger partial charge in [0.25, 0.3) is 5.91 Å². The van der Waals surface area contributed by atoms with Gasteiger partial charge in [0, 0.05) is 34.6 Å². The quantitative estimate of drug-likeness (QED) is 0.123. The molecule has 2 atom stereocenters. The van der Waals surface area contributed by atoms with Gasteiger partial charge in [-0.1, -0.05) is 66.5 Å². The van der Waals surface area contributed by atoms with Crippen molar-refractivity contribution in [2.45, 2.75) is 51.6 Å². The highest BCUT2D eigenvalue weighted by atomic mass is 35.5. The molecule has 3 aromatic carbocycles. The largest absolute Gasteiger partial charge is 0.493 e. The van der Waals surface area contributed by atoms with Crippen molar-refractivity contribution in [1.82, 2.24) is 9.80 Å². The van der Waals surface area contributed by atoms with Crippen molar-refractivity contribution in [1.29, 1.82) is 0 Å². The molecule has 3 aromatic rings. The standard InChI is InChI=1S/C36H39Cl2FN2O5/c1-5-22(2)32(35(44)45-4)41(21-42)34(43)29-16-28(23-11-12-23)31(17-30(29)39)46-20-36(3)18-40(19-36)33(24-9-7-6-8-10-24)25-13-26(37)15-27(38)14-25/h5-10,13-17,23,32-33,42H,11-12,18-21H2,1-4H3/b22-5+/t32-,33+/m0/s1. The van der Waals surface area contributed by atoms with Crippen LogP contribution in [0.2, 0.25) is 10.0 Å². The van der Waals surface area contributed by atoms with Gasteiger partial charge >= 0.3 is 5.97 Å². The number of hydrogen-bond donors (Lipinski definition) is 1. The van der Waals surface area contributed by atoms with Crippen LogP contribution in [0.1, 0.15) is 72.6 Å². The molecule has 0 aromatic heterocycles. The Morgan fingerprint density at radius 2 is 1.74 bits per heavy atom. The lowest BCUT2D eigenvalue weighted by Gasteiger charge is -2.51. The first kappa shape index (κ1) is 33.9. The van der Waals surface area contributed by atoms with Gasteiger partial charge < -0.3 is 14.6 Å². The maximum absolute atomic E-state index is 15.6. The highest BCUT2D eigenvalue weighted by Gasteiger charge is 2.44. The van der Waals surface area contributed by atoms with E-state index in [9.17, 15) is 14.7 Å². The summed E-state index contributed by atoms with van der Waals surface area (Å²) in [6.45, 7) is 6.49. The number of allylic oxidation sites excluding steroid dienone is 1. The van der Waals surface area contributed by atoms with Gasteiger partial charge in [-0.2, -0.15) is 0 Å². The zero-order chi connectivity index (χ0) is 33.2. The summed E-state index contributed by atoms with van der Waals surface area (Å²) in [4.78, 5) is 29.4. The molecule has 0 spiro atoms. The Morgan fingerprint density at radius 1 is 1.09 bits per heavy atom. The number of nitrogens with zero attached hydrogens (tertiary/aromatic N) is 2. The van der Waals surface area contributed by atoms with Crippen LogP contribution < -0.4 is 4.74 Å². The number of rotatable bonds is 12. The van der Waals surface area contributed by atoms with Crippen LogP contribution in [-0.4, -0.2) is 66.4 Å². The molecule has 1 saturated heterocycles. The van der Waals surface area contributed by atoms with Gasteiger partial charge in [-0.15, -0.1) is 0 Å². The van der Waals surface area contributed by atoms with E-state index in [4.69, 9.17) is 32.7 Å². The molecule has 2 fully saturated rings. The topological polar surface area (TPSA) is 79.3 Å². The first-order chi connectivity index (χ1) is 22.0. The average Bonchev–Trinajstić information content (AvgIpc) is 3.86. The first-order valence-corrected chi connectivity index (χ1v) is 16.1. The summed E-state index contributed by atoms with van der Waals surface area (Å²) < 4.78 is 26.8. The number of ether oxygens (including phenoxy) is 2. The van der Waals surface area contributed by atoms with Crippen LogP contribution in [-0.2, 0) is 9.53 Å². The van der Waals surface area contributed by atoms with Crippen LogP contribution in [0.15, 0.2) is 72.3 Å². The molecule has 5 rings (SSSR count). The molecule has 1 aliphatic heterocycles. The monoisotopic (exact) mass is 668 g/mol. The van der Waals surface area contributed by atoms with E-state index in [1.54, 1.807) is 26.0 Å². The SMILES string of the molecule is C/C=C(\C)[C@@H](C(=O)OC)N(CO)C(=O)c1cc(C2CC2)c(OCC2(C)CN([C@H](c3ccccc3)c3cc(Cl)cc(Cl)c3)C2)cc1F. The summed E-state index contributed by atoms with van der Waals surface area (Å²) in [7, 11) is 1.20. The minimum Gasteiger partial charge on any atom is -0.493 e. The maximum atomic E-state index is 15.6. The van der Waals surface area contributed by atoms with Gasteiger partial charge in [-0.3, -0.25) is 14.6 Å². The van der Waals surface area contributed by atoms with E-state index in [0.717, 1.165) is 47.5 Å². The lowest BCUT2D eigenvalue weighted by atomic mass is 9.79. The number of aliphatic hydroxyl groups excluding tert-OH is 1. The third-order valence-corrected chi connectivity index (χ3v) is 9.25. The molecule has 0 radical (unpaired) electrons. The zero-order valence-corrected chi connectivity index (χ0v) is 27.9. The van der Waals surface area contributed by atoms with Gasteiger partial charge in [0.05, 0.1) is 25.3 Å². The smallest absolute Gasteiger partial charge is 0.333 e. The number of halogens is 3. The van der Waals surface area contributed by atoms with E-state index in [1.165, 1.54) is 19.2 Å². The van der Waals surface area contributed by atoms with E-state index in [-0.39, 0.29) is 22.9 Å². The molecule has 244 valence electrons. The van der Waals surface area contributed by atoms with Gasteiger partial charge in [-0.25, -0.2) is 9.18 Å². The van der Waals surface area contributed by atoms with Crippen LogP contribution in [0, 0.1) is 11.2 Å². The Kier molecular flexibility index (Phi) is 10.4.